The lowest BCUT2D eigenvalue weighted by Crippen LogP contribution is -2.34. The first-order chi connectivity index (χ1) is 8.93. The molecule has 0 bridgehead atoms. The number of nitrogens with two attached hydrogens (primary N) is 1. The number of nitrogens with zero attached hydrogens (tertiary/aromatic N) is 1. The van der Waals surface area contributed by atoms with Gasteiger partial charge in [-0.1, -0.05) is 11.6 Å². The number of likely N-dealkylation sites (tertiary alicyclic amines) is 1. The molecule has 1 aromatic carbocycles. The Balaban J connectivity index is 0.00000200. The van der Waals surface area contributed by atoms with Gasteiger partial charge in [0.1, 0.15) is 5.82 Å². The van der Waals surface area contributed by atoms with Gasteiger partial charge in [-0.3, -0.25) is 4.79 Å². The van der Waals surface area contributed by atoms with Crippen LogP contribution in [0.3, 0.4) is 0 Å². The average molecular weight is 321 g/mol. The molecule has 0 aromatic heterocycles. The second-order valence-electron chi connectivity index (χ2n) is 5.23. The molecule has 2 rings (SSSR count). The third-order valence-electron chi connectivity index (χ3n) is 3.73. The molecule has 0 saturated carbocycles. The van der Waals surface area contributed by atoms with E-state index in [-0.39, 0.29) is 29.4 Å². The fourth-order valence-electron chi connectivity index (χ4n) is 2.57. The molecule has 0 spiro atoms. The Labute approximate surface area is 129 Å². The van der Waals surface area contributed by atoms with E-state index in [9.17, 15) is 9.18 Å². The Morgan fingerprint density at radius 2 is 2.20 bits per heavy atom. The summed E-state index contributed by atoms with van der Waals surface area (Å²) in [5.74, 6) is -0.202. The van der Waals surface area contributed by atoms with Gasteiger partial charge in [-0.15, -0.1) is 12.4 Å². The van der Waals surface area contributed by atoms with Gasteiger partial charge in [-0.2, -0.15) is 0 Å². The van der Waals surface area contributed by atoms with Crippen molar-refractivity contribution in [2.24, 2.45) is 11.7 Å². The Hall–Kier alpha value is -0.840. The van der Waals surface area contributed by atoms with E-state index in [0.29, 0.717) is 30.1 Å². The van der Waals surface area contributed by atoms with Gasteiger partial charge in [0.25, 0.3) is 5.91 Å². The smallest absolute Gasteiger partial charge is 0.255 e. The summed E-state index contributed by atoms with van der Waals surface area (Å²) < 4.78 is 13.4. The number of halogens is 3. The zero-order valence-electron chi connectivity index (χ0n) is 11.5. The van der Waals surface area contributed by atoms with E-state index in [0.717, 1.165) is 6.42 Å². The third-order valence-corrected chi connectivity index (χ3v) is 4.05. The number of rotatable bonds is 2. The number of aryl methyl sites for hydroxylation is 1. The van der Waals surface area contributed by atoms with Crippen molar-refractivity contribution in [3.05, 3.63) is 34.1 Å². The molecule has 0 aliphatic carbocycles. The monoisotopic (exact) mass is 320 g/mol. The van der Waals surface area contributed by atoms with Crippen molar-refractivity contribution in [2.75, 3.05) is 13.1 Å². The molecule has 1 saturated heterocycles. The Kier molecular flexibility index (Phi) is 5.80. The predicted molar refractivity (Wildman–Crippen MR) is 81.1 cm³/mol. The molecule has 1 aliphatic rings. The summed E-state index contributed by atoms with van der Waals surface area (Å²) in [6, 6.07) is 2.86. The highest BCUT2D eigenvalue weighted by Gasteiger charge is 2.33. The Morgan fingerprint density at radius 3 is 2.75 bits per heavy atom. The molecule has 0 radical (unpaired) electrons. The van der Waals surface area contributed by atoms with Gasteiger partial charge in [0, 0.05) is 12.6 Å². The maximum absolute atomic E-state index is 13.4. The van der Waals surface area contributed by atoms with Gasteiger partial charge in [0.2, 0.25) is 0 Å². The second-order valence-corrected chi connectivity index (χ2v) is 5.63. The minimum Gasteiger partial charge on any atom is -0.336 e. The quantitative estimate of drug-likeness (QED) is 0.910. The molecule has 112 valence electrons. The summed E-state index contributed by atoms with van der Waals surface area (Å²) in [7, 11) is 0. The molecule has 1 fully saturated rings. The van der Waals surface area contributed by atoms with E-state index in [1.54, 1.807) is 11.8 Å². The van der Waals surface area contributed by atoms with Crippen LogP contribution in [0.4, 0.5) is 4.39 Å². The third kappa shape index (κ3) is 3.25. The lowest BCUT2D eigenvalue weighted by atomic mass is 10.1. The minimum atomic E-state index is -0.393. The highest BCUT2D eigenvalue weighted by atomic mass is 35.5. The average Bonchev–Trinajstić information content (AvgIpc) is 2.74. The van der Waals surface area contributed by atoms with Gasteiger partial charge in [0.05, 0.1) is 10.6 Å². The number of benzene rings is 1. The van der Waals surface area contributed by atoms with Crippen molar-refractivity contribution >= 4 is 29.9 Å². The normalized spacial score (nSPS) is 21.8. The summed E-state index contributed by atoms with van der Waals surface area (Å²) in [5, 5.41) is 0.163. The van der Waals surface area contributed by atoms with Crippen molar-refractivity contribution in [3.8, 4) is 0 Å². The molecule has 2 N–H and O–H groups in total. The van der Waals surface area contributed by atoms with Crippen LogP contribution in [-0.2, 0) is 0 Å². The summed E-state index contributed by atoms with van der Waals surface area (Å²) >= 11 is 5.98. The first-order valence-electron chi connectivity index (χ1n) is 6.40. The van der Waals surface area contributed by atoms with E-state index in [2.05, 4.69) is 0 Å². The standard InChI is InChI=1S/C14H18ClFN2O.ClH/c1-8-3-11(12(15)5-13(8)16)14(19)18-7-10(6-17)4-9(18)2;/h3,5,9-10H,4,6-7,17H2,1-2H3;1H. The lowest BCUT2D eigenvalue weighted by molar-refractivity contribution is 0.0743. The van der Waals surface area contributed by atoms with Gasteiger partial charge >= 0.3 is 0 Å². The van der Waals surface area contributed by atoms with Crippen LogP contribution in [0.2, 0.25) is 5.02 Å². The molecule has 2 unspecified atom stereocenters. The molecule has 6 heteroatoms. The van der Waals surface area contributed by atoms with Gasteiger partial charge < -0.3 is 10.6 Å². The fourth-order valence-corrected chi connectivity index (χ4v) is 2.80. The van der Waals surface area contributed by atoms with Crippen LogP contribution in [-0.4, -0.2) is 29.9 Å². The van der Waals surface area contributed by atoms with E-state index in [1.165, 1.54) is 12.1 Å². The van der Waals surface area contributed by atoms with Crippen molar-refractivity contribution in [1.29, 1.82) is 0 Å². The number of amides is 1. The van der Waals surface area contributed by atoms with E-state index in [4.69, 9.17) is 17.3 Å². The largest absolute Gasteiger partial charge is 0.336 e. The zero-order valence-corrected chi connectivity index (χ0v) is 13.1. The molecule has 1 amide bonds. The van der Waals surface area contributed by atoms with E-state index in [1.807, 2.05) is 6.92 Å². The highest BCUT2D eigenvalue weighted by molar-refractivity contribution is 6.33. The first kappa shape index (κ1) is 17.2. The Morgan fingerprint density at radius 1 is 1.55 bits per heavy atom. The molecule has 1 aromatic rings. The van der Waals surface area contributed by atoms with E-state index < -0.39 is 5.82 Å². The van der Waals surface area contributed by atoms with Crippen LogP contribution < -0.4 is 5.73 Å². The van der Waals surface area contributed by atoms with Gasteiger partial charge in [-0.25, -0.2) is 4.39 Å². The van der Waals surface area contributed by atoms with Crippen LogP contribution in [0.1, 0.15) is 29.3 Å². The number of carbonyl (C=O) groups is 1. The maximum Gasteiger partial charge on any atom is 0.255 e. The number of carbonyl (C=O) groups excluding carboxylic acids is 1. The molecule has 2 atom stereocenters. The summed E-state index contributed by atoms with van der Waals surface area (Å²) in [5.41, 5.74) is 6.45. The lowest BCUT2D eigenvalue weighted by Gasteiger charge is -2.22. The molecular formula is C14H19Cl2FN2O. The van der Waals surface area contributed by atoms with E-state index >= 15 is 0 Å². The fraction of sp³-hybridized carbons (Fsp3) is 0.500. The molecule has 20 heavy (non-hydrogen) atoms. The summed E-state index contributed by atoms with van der Waals surface area (Å²) in [4.78, 5) is 14.3. The van der Waals surface area contributed by atoms with Crippen LogP contribution in [0, 0.1) is 18.7 Å². The van der Waals surface area contributed by atoms with Crippen LogP contribution >= 0.6 is 24.0 Å². The van der Waals surface area contributed by atoms with Gasteiger partial charge in [0.15, 0.2) is 0 Å². The Bertz CT molecular complexity index is 510. The van der Waals surface area contributed by atoms with Crippen molar-refractivity contribution in [1.82, 2.24) is 4.90 Å². The molecular weight excluding hydrogens is 302 g/mol. The summed E-state index contributed by atoms with van der Waals surface area (Å²) in [6.07, 6.45) is 0.903. The topological polar surface area (TPSA) is 46.3 Å². The van der Waals surface area contributed by atoms with Gasteiger partial charge in [-0.05, 0) is 50.4 Å². The molecule has 3 nitrogen and oxygen atoms in total. The molecule has 1 aliphatic heterocycles. The SMILES string of the molecule is Cc1cc(C(=O)N2CC(CN)CC2C)c(Cl)cc1F.Cl. The van der Waals surface area contributed by atoms with Crippen molar-refractivity contribution < 1.29 is 9.18 Å². The van der Waals surface area contributed by atoms with Crippen LogP contribution in [0.15, 0.2) is 12.1 Å². The van der Waals surface area contributed by atoms with Crippen molar-refractivity contribution in [3.63, 3.8) is 0 Å². The molecule has 1 heterocycles. The first-order valence-corrected chi connectivity index (χ1v) is 6.78. The number of hydrogen-bond acceptors (Lipinski definition) is 2. The van der Waals surface area contributed by atoms with Crippen LogP contribution in [0.25, 0.3) is 0 Å². The zero-order chi connectivity index (χ0) is 14.2. The summed E-state index contributed by atoms with van der Waals surface area (Å²) in [6.45, 7) is 4.84. The van der Waals surface area contributed by atoms with Crippen LogP contribution in [0.5, 0.6) is 0 Å². The van der Waals surface area contributed by atoms with Crippen molar-refractivity contribution in [2.45, 2.75) is 26.3 Å². The minimum absolute atomic E-state index is 0. The number of hydrogen-bond donors (Lipinski definition) is 1. The predicted octanol–water partition coefficient (Wildman–Crippen LogP) is 3.02. The highest BCUT2D eigenvalue weighted by Crippen LogP contribution is 2.27. The maximum atomic E-state index is 13.4. The second kappa shape index (κ2) is 6.74.